The first kappa shape index (κ1) is 13.7. The van der Waals surface area contributed by atoms with Crippen molar-refractivity contribution in [1.29, 1.82) is 0 Å². The summed E-state index contributed by atoms with van der Waals surface area (Å²) in [6.07, 6.45) is 2.64. The number of nitrogens with zero attached hydrogens (tertiary/aromatic N) is 2. The molecule has 0 radical (unpaired) electrons. The zero-order valence-electron chi connectivity index (χ0n) is 12.8. The predicted molar refractivity (Wildman–Crippen MR) is 86.7 cm³/mol. The quantitative estimate of drug-likeness (QED) is 0.893. The maximum atomic E-state index is 3.47. The Kier molecular flexibility index (Phi) is 4.16. The third-order valence-electron chi connectivity index (χ3n) is 4.69. The number of hydrogen-bond donors (Lipinski definition) is 1. The maximum Gasteiger partial charge on any atom is 0.0604 e. The van der Waals surface area contributed by atoms with E-state index in [1.54, 1.807) is 0 Å². The number of benzene rings is 1. The number of hydrogen-bond acceptors (Lipinski definition) is 3. The molecule has 1 saturated heterocycles. The van der Waals surface area contributed by atoms with Crippen molar-refractivity contribution >= 4 is 11.4 Å². The van der Waals surface area contributed by atoms with Crippen LogP contribution in [0.1, 0.15) is 19.8 Å². The summed E-state index contributed by atoms with van der Waals surface area (Å²) in [5, 5.41) is 3.47. The topological polar surface area (TPSA) is 18.5 Å². The van der Waals surface area contributed by atoms with Crippen molar-refractivity contribution in [3.05, 3.63) is 24.3 Å². The highest BCUT2D eigenvalue weighted by molar-refractivity contribution is 5.71. The second-order valence-electron chi connectivity index (χ2n) is 6.57. The van der Waals surface area contributed by atoms with Crippen molar-refractivity contribution in [3.8, 4) is 0 Å². The van der Waals surface area contributed by atoms with E-state index in [1.165, 1.54) is 50.4 Å². The van der Waals surface area contributed by atoms with Gasteiger partial charge >= 0.3 is 0 Å². The second kappa shape index (κ2) is 6.04. The van der Waals surface area contributed by atoms with Crippen LogP contribution >= 0.6 is 0 Å². The van der Waals surface area contributed by atoms with Gasteiger partial charge in [-0.15, -0.1) is 0 Å². The van der Waals surface area contributed by atoms with Crippen LogP contribution in [-0.4, -0.2) is 39.8 Å². The third-order valence-corrected chi connectivity index (χ3v) is 4.69. The van der Waals surface area contributed by atoms with Gasteiger partial charge in [-0.1, -0.05) is 19.1 Å². The Balaban J connectivity index is 1.82. The first-order valence-electron chi connectivity index (χ1n) is 8.00. The SMILES string of the molecule is CC1CN(C)c2ccccc2N(CC2CCNCC2)C1. The molecule has 1 aromatic rings. The molecule has 0 aromatic heterocycles. The molecule has 2 aliphatic rings. The minimum atomic E-state index is 0.717. The minimum Gasteiger partial charge on any atom is -0.373 e. The van der Waals surface area contributed by atoms with Crippen molar-refractivity contribution in [2.75, 3.05) is 49.6 Å². The van der Waals surface area contributed by atoms with Gasteiger partial charge in [-0.2, -0.15) is 0 Å². The van der Waals surface area contributed by atoms with Crippen LogP contribution in [0.4, 0.5) is 11.4 Å². The summed E-state index contributed by atoms with van der Waals surface area (Å²) in [5.41, 5.74) is 2.82. The Hall–Kier alpha value is -1.22. The highest BCUT2D eigenvalue weighted by Gasteiger charge is 2.24. The summed E-state index contributed by atoms with van der Waals surface area (Å²) in [6, 6.07) is 8.90. The van der Waals surface area contributed by atoms with Gasteiger partial charge in [0.25, 0.3) is 0 Å². The van der Waals surface area contributed by atoms with Crippen molar-refractivity contribution in [2.24, 2.45) is 11.8 Å². The van der Waals surface area contributed by atoms with Gasteiger partial charge in [0, 0.05) is 26.7 Å². The van der Waals surface area contributed by atoms with E-state index >= 15 is 0 Å². The molecule has 1 N–H and O–H groups in total. The molecule has 3 rings (SSSR count). The summed E-state index contributed by atoms with van der Waals surface area (Å²) >= 11 is 0. The molecule has 0 amide bonds. The summed E-state index contributed by atoms with van der Waals surface area (Å²) in [5.74, 6) is 1.56. The molecule has 20 heavy (non-hydrogen) atoms. The lowest BCUT2D eigenvalue weighted by Gasteiger charge is -2.32. The van der Waals surface area contributed by atoms with E-state index in [2.05, 4.69) is 53.4 Å². The molecular formula is C17H27N3. The van der Waals surface area contributed by atoms with Crippen LogP contribution in [-0.2, 0) is 0 Å². The lowest BCUT2D eigenvalue weighted by atomic mass is 9.97. The van der Waals surface area contributed by atoms with Crippen LogP contribution < -0.4 is 15.1 Å². The van der Waals surface area contributed by atoms with Gasteiger partial charge in [-0.3, -0.25) is 0 Å². The third kappa shape index (κ3) is 2.93. The molecule has 0 saturated carbocycles. The molecule has 0 bridgehead atoms. The van der Waals surface area contributed by atoms with E-state index in [-0.39, 0.29) is 0 Å². The molecule has 110 valence electrons. The zero-order chi connectivity index (χ0) is 13.9. The maximum absolute atomic E-state index is 3.47. The van der Waals surface area contributed by atoms with Gasteiger partial charge in [-0.25, -0.2) is 0 Å². The molecule has 0 aliphatic carbocycles. The first-order valence-corrected chi connectivity index (χ1v) is 8.00. The summed E-state index contributed by atoms with van der Waals surface area (Å²) in [7, 11) is 2.23. The Labute approximate surface area is 123 Å². The Morgan fingerprint density at radius 1 is 1.10 bits per heavy atom. The van der Waals surface area contributed by atoms with Gasteiger partial charge in [0.2, 0.25) is 0 Å². The van der Waals surface area contributed by atoms with Crippen LogP contribution in [0.2, 0.25) is 0 Å². The van der Waals surface area contributed by atoms with E-state index in [4.69, 9.17) is 0 Å². The van der Waals surface area contributed by atoms with Gasteiger partial charge in [0.15, 0.2) is 0 Å². The number of nitrogens with one attached hydrogen (secondary N) is 1. The van der Waals surface area contributed by atoms with Gasteiger partial charge in [-0.05, 0) is 49.9 Å². The summed E-state index contributed by atoms with van der Waals surface area (Å²) in [6.45, 7) is 8.31. The molecule has 2 heterocycles. The van der Waals surface area contributed by atoms with Crippen molar-refractivity contribution in [3.63, 3.8) is 0 Å². The van der Waals surface area contributed by atoms with Crippen molar-refractivity contribution in [2.45, 2.75) is 19.8 Å². The smallest absolute Gasteiger partial charge is 0.0604 e. The second-order valence-corrected chi connectivity index (χ2v) is 6.57. The van der Waals surface area contributed by atoms with Crippen LogP contribution in [0.15, 0.2) is 24.3 Å². The molecule has 0 spiro atoms. The fourth-order valence-corrected chi connectivity index (χ4v) is 3.70. The molecule has 2 aliphatic heterocycles. The van der Waals surface area contributed by atoms with Crippen molar-refractivity contribution < 1.29 is 0 Å². The number of anilines is 2. The fraction of sp³-hybridized carbons (Fsp3) is 0.647. The molecule has 3 heteroatoms. The van der Waals surface area contributed by atoms with Crippen LogP contribution in [0.3, 0.4) is 0 Å². The number of rotatable bonds is 2. The average molecular weight is 273 g/mol. The predicted octanol–water partition coefficient (Wildman–Crippen LogP) is 2.58. The molecule has 3 nitrogen and oxygen atoms in total. The lowest BCUT2D eigenvalue weighted by molar-refractivity contribution is 0.369. The first-order chi connectivity index (χ1) is 9.74. The van der Waals surface area contributed by atoms with E-state index in [0.717, 1.165) is 12.5 Å². The highest BCUT2D eigenvalue weighted by Crippen LogP contribution is 2.33. The van der Waals surface area contributed by atoms with Gasteiger partial charge in [0.1, 0.15) is 0 Å². The highest BCUT2D eigenvalue weighted by atomic mass is 15.2. The van der Waals surface area contributed by atoms with Crippen molar-refractivity contribution in [1.82, 2.24) is 5.32 Å². The lowest BCUT2D eigenvalue weighted by Crippen LogP contribution is -2.38. The Morgan fingerprint density at radius 2 is 1.80 bits per heavy atom. The largest absolute Gasteiger partial charge is 0.373 e. The monoisotopic (exact) mass is 273 g/mol. The van der Waals surface area contributed by atoms with Gasteiger partial charge in [0.05, 0.1) is 11.4 Å². The zero-order valence-corrected chi connectivity index (χ0v) is 12.8. The number of para-hydroxylation sites is 2. The summed E-state index contributed by atoms with van der Waals surface area (Å²) in [4.78, 5) is 5.06. The van der Waals surface area contributed by atoms with Crippen LogP contribution in [0, 0.1) is 11.8 Å². The average Bonchev–Trinajstić information content (AvgIpc) is 2.58. The molecular weight excluding hydrogens is 246 g/mol. The fourth-order valence-electron chi connectivity index (χ4n) is 3.70. The normalized spacial score (nSPS) is 24.4. The van der Waals surface area contributed by atoms with E-state index < -0.39 is 0 Å². The number of piperidine rings is 1. The minimum absolute atomic E-state index is 0.717. The molecule has 1 unspecified atom stereocenters. The van der Waals surface area contributed by atoms with E-state index in [0.29, 0.717) is 5.92 Å². The number of fused-ring (bicyclic) bond motifs is 1. The van der Waals surface area contributed by atoms with E-state index in [9.17, 15) is 0 Å². The van der Waals surface area contributed by atoms with E-state index in [1.807, 2.05) is 0 Å². The molecule has 1 fully saturated rings. The van der Waals surface area contributed by atoms with Crippen LogP contribution in [0.25, 0.3) is 0 Å². The Morgan fingerprint density at radius 3 is 2.55 bits per heavy atom. The standard InChI is InChI=1S/C17H27N3/c1-14-11-19(2)16-5-3-4-6-17(16)20(12-14)13-15-7-9-18-10-8-15/h3-6,14-15,18H,7-13H2,1-2H3. The van der Waals surface area contributed by atoms with Crippen LogP contribution in [0.5, 0.6) is 0 Å². The Bertz CT molecular complexity index is 440. The summed E-state index contributed by atoms with van der Waals surface area (Å²) < 4.78 is 0. The molecule has 1 atom stereocenters. The van der Waals surface area contributed by atoms with Gasteiger partial charge < -0.3 is 15.1 Å². The molecule has 1 aromatic carbocycles.